The van der Waals surface area contributed by atoms with E-state index >= 15 is 0 Å². The number of hydrogen-bond donors (Lipinski definition) is 1. The van der Waals surface area contributed by atoms with Crippen LogP contribution in [0.3, 0.4) is 0 Å². The van der Waals surface area contributed by atoms with Gasteiger partial charge in [-0.05, 0) is 37.1 Å². The molecule has 0 atom stereocenters. The molecule has 1 aromatic carbocycles. The van der Waals surface area contributed by atoms with Gasteiger partial charge in [0.25, 0.3) is 11.8 Å². The second kappa shape index (κ2) is 9.30. The molecule has 1 aliphatic rings. The van der Waals surface area contributed by atoms with Crippen molar-refractivity contribution in [3.05, 3.63) is 54.2 Å². The number of hydrogen-bond acceptors (Lipinski definition) is 5. The zero-order valence-corrected chi connectivity index (χ0v) is 18.3. The Morgan fingerprint density at radius 2 is 1.59 bits per heavy atom. The molecule has 0 bridgehead atoms. The predicted molar refractivity (Wildman–Crippen MR) is 119 cm³/mol. The molecule has 2 aromatic heterocycles. The van der Waals surface area contributed by atoms with Crippen LogP contribution >= 0.6 is 0 Å². The highest BCUT2D eigenvalue weighted by molar-refractivity contribution is 6.11. The van der Waals surface area contributed by atoms with Gasteiger partial charge < -0.3 is 24.0 Å². The first-order valence-electron chi connectivity index (χ1n) is 11.0. The number of fused-ring (bicyclic) bond motifs is 1. The van der Waals surface area contributed by atoms with E-state index in [0.717, 1.165) is 0 Å². The Morgan fingerprint density at radius 1 is 0.938 bits per heavy atom. The van der Waals surface area contributed by atoms with Gasteiger partial charge in [-0.15, -0.1) is 0 Å². The quantitative estimate of drug-likeness (QED) is 0.629. The molecule has 1 N–H and O–H groups in total. The summed E-state index contributed by atoms with van der Waals surface area (Å²) in [5, 5.41) is 3.64. The molecule has 3 amide bonds. The molecular formula is C24H27N3O5. The Labute approximate surface area is 186 Å². The smallest absolute Gasteiger partial charge is 0.291 e. The molecule has 1 aliphatic heterocycles. The summed E-state index contributed by atoms with van der Waals surface area (Å²) in [4.78, 5) is 41.9. The van der Waals surface area contributed by atoms with Crippen LogP contribution in [-0.4, -0.2) is 53.7 Å². The maximum absolute atomic E-state index is 13.3. The molecule has 4 rings (SSSR count). The molecule has 1 fully saturated rings. The van der Waals surface area contributed by atoms with E-state index in [4.69, 9.17) is 8.83 Å². The van der Waals surface area contributed by atoms with Crippen LogP contribution in [0.25, 0.3) is 11.0 Å². The first kappa shape index (κ1) is 21.7. The summed E-state index contributed by atoms with van der Waals surface area (Å²) >= 11 is 0. The minimum atomic E-state index is -0.300. The van der Waals surface area contributed by atoms with Crippen LogP contribution in [0.5, 0.6) is 0 Å². The van der Waals surface area contributed by atoms with Crippen molar-refractivity contribution in [1.29, 1.82) is 0 Å². The topological polar surface area (TPSA) is 96.0 Å². The van der Waals surface area contributed by atoms with Crippen LogP contribution in [0.2, 0.25) is 0 Å². The second-order valence-corrected chi connectivity index (χ2v) is 7.87. The number of benzene rings is 1. The molecule has 8 nitrogen and oxygen atoms in total. The van der Waals surface area contributed by atoms with Crippen molar-refractivity contribution in [3.8, 4) is 0 Å². The average molecular weight is 437 g/mol. The number of anilines is 1. The number of para-hydroxylation sites is 1. The lowest BCUT2D eigenvalue weighted by Crippen LogP contribution is -2.50. The fourth-order valence-electron chi connectivity index (χ4n) is 4.02. The van der Waals surface area contributed by atoms with Gasteiger partial charge in [-0.2, -0.15) is 0 Å². The Hall–Kier alpha value is -3.55. The molecule has 32 heavy (non-hydrogen) atoms. The summed E-state index contributed by atoms with van der Waals surface area (Å²) in [5.74, 6) is -0.341. The number of nitrogens with zero attached hydrogens (tertiary/aromatic N) is 2. The summed E-state index contributed by atoms with van der Waals surface area (Å²) in [5.41, 5.74) is 0.957. The monoisotopic (exact) mass is 437 g/mol. The third kappa shape index (κ3) is 4.12. The standard InChI is InChI=1S/C24H27N3O5/c1-3-16(4-2)22(28)25-20-17-8-5-6-9-18(17)32-21(20)24(30)27-13-11-26(12-14-27)23(29)19-10-7-15-31-19/h5-10,15-16H,3-4,11-14H2,1-2H3,(H,25,28). The normalized spacial score (nSPS) is 14.2. The average Bonchev–Trinajstić information content (AvgIpc) is 3.48. The number of carbonyl (C=O) groups is 3. The number of carbonyl (C=O) groups excluding carboxylic acids is 3. The SMILES string of the molecule is CCC(CC)C(=O)Nc1c(C(=O)N2CCN(C(=O)c3ccco3)CC2)oc2ccccc12. The zero-order valence-electron chi connectivity index (χ0n) is 18.3. The fraction of sp³-hybridized carbons (Fsp3) is 0.375. The van der Waals surface area contributed by atoms with Crippen LogP contribution in [0.15, 0.2) is 51.5 Å². The maximum Gasteiger partial charge on any atom is 0.291 e. The van der Waals surface area contributed by atoms with Crippen LogP contribution in [0, 0.1) is 5.92 Å². The van der Waals surface area contributed by atoms with Crippen LogP contribution in [0.4, 0.5) is 5.69 Å². The third-order valence-corrected chi connectivity index (χ3v) is 5.98. The van der Waals surface area contributed by atoms with Crippen molar-refractivity contribution in [2.45, 2.75) is 26.7 Å². The van der Waals surface area contributed by atoms with Gasteiger partial charge in [0, 0.05) is 37.5 Å². The molecule has 0 spiro atoms. The second-order valence-electron chi connectivity index (χ2n) is 7.87. The lowest BCUT2D eigenvalue weighted by Gasteiger charge is -2.34. The summed E-state index contributed by atoms with van der Waals surface area (Å²) in [7, 11) is 0. The Balaban J connectivity index is 1.53. The number of nitrogens with one attached hydrogen (secondary N) is 1. The Morgan fingerprint density at radius 3 is 2.22 bits per heavy atom. The molecule has 0 saturated carbocycles. The largest absolute Gasteiger partial charge is 0.459 e. The Kier molecular flexibility index (Phi) is 6.30. The van der Waals surface area contributed by atoms with Crippen LogP contribution in [0.1, 0.15) is 47.8 Å². The van der Waals surface area contributed by atoms with E-state index in [1.165, 1.54) is 6.26 Å². The first-order valence-corrected chi connectivity index (χ1v) is 11.0. The summed E-state index contributed by atoms with van der Waals surface area (Å²) in [6, 6.07) is 10.6. The zero-order chi connectivity index (χ0) is 22.7. The maximum atomic E-state index is 13.3. The molecule has 0 aliphatic carbocycles. The predicted octanol–water partition coefficient (Wildman–Crippen LogP) is 4.00. The fourth-order valence-corrected chi connectivity index (χ4v) is 4.02. The molecule has 8 heteroatoms. The lowest BCUT2D eigenvalue weighted by atomic mass is 10.0. The first-order chi connectivity index (χ1) is 15.5. The van der Waals surface area contributed by atoms with Crippen molar-refractivity contribution in [2.24, 2.45) is 5.92 Å². The van der Waals surface area contributed by atoms with Crippen molar-refractivity contribution < 1.29 is 23.2 Å². The number of piperazine rings is 1. The van der Waals surface area contributed by atoms with E-state index in [-0.39, 0.29) is 35.2 Å². The van der Waals surface area contributed by atoms with Crippen molar-refractivity contribution in [3.63, 3.8) is 0 Å². The van der Waals surface area contributed by atoms with Gasteiger partial charge in [0.05, 0.1) is 6.26 Å². The van der Waals surface area contributed by atoms with Crippen LogP contribution in [-0.2, 0) is 4.79 Å². The van der Waals surface area contributed by atoms with Gasteiger partial charge in [-0.3, -0.25) is 14.4 Å². The summed E-state index contributed by atoms with van der Waals surface area (Å²) in [6.45, 7) is 5.44. The van der Waals surface area contributed by atoms with E-state index in [2.05, 4.69) is 5.32 Å². The number of rotatable bonds is 6. The van der Waals surface area contributed by atoms with E-state index < -0.39 is 0 Å². The Bertz CT molecular complexity index is 1110. The van der Waals surface area contributed by atoms with E-state index in [1.54, 1.807) is 28.0 Å². The van der Waals surface area contributed by atoms with E-state index in [9.17, 15) is 14.4 Å². The third-order valence-electron chi connectivity index (χ3n) is 5.98. The highest BCUT2D eigenvalue weighted by Gasteiger charge is 2.31. The molecule has 0 unspecified atom stereocenters. The van der Waals surface area contributed by atoms with Gasteiger partial charge >= 0.3 is 0 Å². The number of furan rings is 2. The molecule has 168 valence electrons. The van der Waals surface area contributed by atoms with Gasteiger partial charge in [-0.1, -0.05) is 26.0 Å². The van der Waals surface area contributed by atoms with Gasteiger partial charge in [0.15, 0.2) is 5.76 Å². The number of amides is 3. The van der Waals surface area contributed by atoms with Crippen molar-refractivity contribution in [1.82, 2.24) is 9.80 Å². The minimum absolute atomic E-state index is 0.121. The highest BCUT2D eigenvalue weighted by Crippen LogP contribution is 2.32. The van der Waals surface area contributed by atoms with E-state index in [1.807, 2.05) is 32.0 Å². The van der Waals surface area contributed by atoms with Crippen LogP contribution < -0.4 is 5.32 Å². The molecule has 3 aromatic rings. The van der Waals surface area contributed by atoms with Crippen molar-refractivity contribution in [2.75, 3.05) is 31.5 Å². The molecule has 1 saturated heterocycles. The van der Waals surface area contributed by atoms with E-state index in [0.29, 0.717) is 55.7 Å². The van der Waals surface area contributed by atoms with Gasteiger partial charge in [-0.25, -0.2) is 0 Å². The lowest BCUT2D eigenvalue weighted by molar-refractivity contribution is -0.120. The molecule has 0 radical (unpaired) electrons. The molecular weight excluding hydrogens is 410 g/mol. The molecule has 3 heterocycles. The summed E-state index contributed by atoms with van der Waals surface area (Å²) in [6.07, 6.45) is 2.89. The van der Waals surface area contributed by atoms with Gasteiger partial charge in [0.2, 0.25) is 11.7 Å². The minimum Gasteiger partial charge on any atom is -0.459 e. The van der Waals surface area contributed by atoms with Crippen molar-refractivity contribution >= 4 is 34.4 Å². The van der Waals surface area contributed by atoms with Gasteiger partial charge in [0.1, 0.15) is 11.3 Å². The summed E-state index contributed by atoms with van der Waals surface area (Å²) < 4.78 is 11.1. The highest BCUT2D eigenvalue weighted by atomic mass is 16.4.